The third kappa shape index (κ3) is 1.67. The minimum atomic E-state index is 0.344. The third-order valence-electron chi connectivity index (χ3n) is 3.63. The molecule has 1 heterocycles. The molecule has 16 heavy (non-hydrogen) atoms. The highest BCUT2D eigenvalue weighted by Crippen LogP contribution is 2.30. The number of halogens is 1. The van der Waals surface area contributed by atoms with Crippen LogP contribution in [0.4, 0.5) is 0 Å². The fourth-order valence-corrected chi connectivity index (χ4v) is 3.25. The zero-order chi connectivity index (χ0) is 11.1. The molecule has 1 aromatic rings. The van der Waals surface area contributed by atoms with Crippen LogP contribution in [0.5, 0.6) is 0 Å². The number of carbonyl (C=O) groups excluding carboxylic acids is 1. The van der Waals surface area contributed by atoms with E-state index in [0.717, 1.165) is 36.7 Å². The van der Waals surface area contributed by atoms with E-state index < -0.39 is 0 Å². The molecule has 84 valence electrons. The van der Waals surface area contributed by atoms with Gasteiger partial charge in [-0.2, -0.15) is 0 Å². The van der Waals surface area contributed by atoms with Gasteiger partial charge in [-0.15, -0.1) is 0 Å². The molecule has 1 atom stereocenters. The van der Waals surface area contributed by atoms with Gasteiger partial charge < -0.3 is 4.90 Å². The Morgan fingerprint density at radius 3 is 2.81 bits per heavy atom. The topological polar surface area (TPSA) is 20.3 Å². The van der Waals surface area contributed by atoms with E-state index in [2.05, 4.69) is 39.0 Å². The predicted octanol–water partition coefficient (Wildman–Crippen LogP) is 2.54. The number of likely N-dealkylation sites (tertiary alicyclic amines) is 1. The maximum absolute atomic E-state index is 11.7. The first-order valence-electron chi connectivity index (χ1n) is 5.81. The highest BCUT2D eigenvalue weighted by molar-refractivity contribution is 9.10. The van der Waals surface area contributed by atoms with Crippen LogP contribution in [-0.2, 0) is 17.6 Å². The summed E-state index contributed by atoms with van der Waals surface area (Å²) in [5, 5.41) is 0. The molecule has 0 saturated carbocycles. The smallest absolute Gasteiger partial charge is 0.222 e. The van der Waals surface area contributed by atoms with E-state index in [1.165, 1.54) is 11.1 Å². The Balaban J connectivity index is 1.82. The second-order valence-corrected chi connectivity index (χ2v) is 5.58. The number of nitrogens with zero attached hydrogens (tertiary/aromatic N) is 1. The van der Waals surface area contributed by atoms with Gasteiger partial charge in [0.05, 0.1) is 0 Å². The van der Waals surface area contributed by atoms with E-state index in [0.29, 0.717) is 11.9 Å². The number of carbonyl (C=O) groups is 1. The lowest BCUT2D eigenvalue weighted by molar-refractivity contribution is -0.129. The zero-order valence-corrected chi connectivity index (χ0v) is 10.7. The van der Waals surface area contributed by atoms with E-state index in [1.807, 2.05) is 0 Å². The van der Waals surface area contributed by atoms with Crippen LogP contribution in [0.1, 0.15) is 24.0 Å². The summed E-state index contributed by atoms with van der Waals surface area (Å²) in [4.78, 5) is 13.8. The summed E-state index contributed by atoms with van der Waals surface area (Å²) in [5.41, 5.74) is 2.81. The van der Waals surface area contributed by atoms with Crippen molar-refractivity contribution in [2.24, 2.45) is 0 Å². The van der Waals surface area contributed by atoms with Gasteiger partial charge in [-0.25, -0.2) is 0 Å². The monoisotopic (exact) mass is 279 g/mol. The Morgan fingerprint density at radius 2 is 2.06 bits per heavy atom. The summed E-state index contributed by atoms with van der Waals surface area (Å²) < 4.78 is 1.14. The SMILES string of the molecule is O=C1CCCN1[C@@H]1Cc2ccc(Br)cc2C1. The van der Waals surface area contributed by atoms with Crippen molar-refractivity contribution in [1.29, 1.82) is 0 Å². The van der Waals surface area contributed by atoms with Crippen LogP contribution < -0.4 is 0 Å². The van der Waals surface area contributed by atoms with Crippen molar-refractivity contribution in [1.82, 2.24) is 4.90 Å². The van der Waals surface area contributed by atoms with Crippen LogP contribution in [0.25, 0.3) is 0 Å². The van der Waals surface area contributed by atoms with Gasteiger partial charge in [-0.3, -0.25) is 4.79 Å². The lowest BCUT2D eigenvalue weighted by Crippen LogP contribution is -2.36. The van der Waals surface area contributed by atoms with E-state index in [-0.39, 0.29) is 0 Å². The maximum Gasteiger partial charge on any atom is 0.222 e. The van der Waals surface area contributed by atoms with Crippen LogP contribution in [0, 0.1) is 0 Å². The molecule has 1 saturated heterocycles. The highest BCUT2D eigenvalue weighted by atomic mass is 79.9. The van der Waals surface area contributed by atoms with Crippen LogP contribution in [0.15, 0.2) is 22.7 Å². The molecule has 1 aliphatic carbocycles. The van der Waals surface area contributed by atoms with Crippen LogP contribution in [0.2, 0.25) is 0 Å². The molecule has 0 radical (unpaired) electrons. The quantitative estimate of drug-likeness (QED) is 0.774. The zero-order valence-electron chi connectivity index (χ0n) is 9.08. The molecular formula is C13H14BrNO. The first-order valence-corrected chi connectivity index (χ1v) is 6.60. The van der Waals surface area contributed by atoms with Gasteiger partial charge in [0.2, 0.25) is 5.91 Å². The normalized spacial score (nSPS) is 23.9. The van der Waals surface area contributed by atoms with Gasteiger partial charge in [0, 0.05) is 23.5 Å². The number of benzene rings is 1. The molecule has 0 unspecified atom stereocenters. The molecule has 1 amide bonds. The van der Waals surface area contributed by atoms with Crippen molar-refractivity contribution in [2.75, 3.05) is 6.54 Å². The average Bonchev–Trinajstić information content (AvgIpc) is 2.82. The second kappa shape index (κ2) is 3.88. The Kier molecular flexibility index (Phi) is 2.51. The molecule has 0 spiro atoms. The number of amides is 1. The fraction of sp³-hybridized carbons (Fsp3) is 0.462. The molecule has 1 aromatic carbocycles. The summed E-state index contributed by atoms with van der Waals surface area (Å²) >= 11 is 3.50. The van der Waals surface area contributed by atoms with Crippen molar-refractivity contribution in [3.8, 4) is 0 Å². The first kappa shape index (κ1) is 10.3. The van der Waals surface area contributed by atoms with Gasteiger partial charge >= 0.3 is 0 Å². The van der Waals surface area contributed by atoms with E-state index in [4.69, 9.17) is 0 Å². The molecule has 0 N–H and O–H groups in total. The molecular weight excluding hydrogens is 266 g/mol. The van der Waals surface area contributed by atoms with Gasteiger partial charge in [0.25, 0.3) is 0 Å². The molecule has 0 bridgehead atoms. The van der Waals surface area contributed by atoms with Crippen LogP contribution >= 0.6 is 15.9 Å². The lowest BCUT2D eigenvalue weighted by atomic mass is 10.1. The largest absolute Gasteiger partial charge is 0.339 e. The minimum Gasteiger partial charge on any atom is -0.339 e. The lowest BCUT2D eigenvalue weighted by Gasteiger charge is -2.23. The third-order valence-corrected chi connectivity index (χ3v) is 4.12. The van der Waals surface area contributed by atoms with Crippen LogP contribution in [-0.4, -0.2) is 23.4 Å². The van der Waals surface area contributed by atoms with Gasteiger partial charge in [0.1, 0.15) is 0 Å². The van der Waals surface area contributed by atoms with E-state index in [9.17, 15) is 4.79 Å². The second-order valence-electron chi connectivity index (χ2n) is 4.67. The molecule has 3 rings (SSSR count). The summed E-state index contributed by atoms with van der Waals surface area (Å²) in [6, 6.07) is 6.88. The molecule has 1 fully saturated rings. The molecule has 1 aliphatic heterocycles. The van der Waals surface area contributed by atoms with Gasteiger partial charge in [-0.05, 0) is 42.5 Å². The average molecular weight is 280 g/mol. The van der Waals surface area contributed by atoms with Crippen molar-refractivity contribution in [3.05, 3.63) is 33.8 Å². The molecule has 0 aromatic heterocycles. The number of fused-ring (bicyclic) bond motifs is 1. The standard InChI is InChI=1S/C13H14BrNO/c14-11-4-3-9-7-12(8-10(9)6-11)15-5-1-2-13(15)16/h3-4,6,12H,1-2,5,7-8H2/t12-/m1/s1. The van der Waals surface area contributed by atoms with Crippen molar-refractivity contribution in [3.63, 3.8) is 0 Å². The number of hydrogen-bond acceptors (Lipinski definition) is 1. The Labute approximate surface area is 104 Å². The molecule has 2 nitrogen and oxygen atoms in total. The minimum absolute atomic E-state index is 0.344. The van der Waals surface area contributed by atoms with E-state index >= 15 is 0 Å². The Hall–Kier alpha value is -0.830. The Morgan fingerprint density at radius 1 is 1.25 bits per heavy atom. The fourth-order valence-electron chi connectivity index (χ4n) is 2.84. The number of hydrogen-bond donors (Lipinski definition) is 0. The van der Waals surface area contributed by atoms with Gasteiger partial charge in [0.15, 0.2) is 0 Å². The van der Waals surface area contributed by atoms with Gasteiger partial charge in [-0.1, -0.05) is 22.0 Å². The summed E-state index contributed by atoms with van der Waals surface area (Å²) in [6.07, 6.45) is 3.85. The predicted molar refractivity (Wildman–Crippen MR) is 66.3 cm³/mol. The first-order chi connectivity index (χ1) is 7.74. The number of rotatable bonds is 1. The molecule has 2 aliphatic rings. The highest BCUT2D eigenvalue weighted by Gasteiger charge is 2.32. The Bertz CT molecular complexity index is 444. The summed E-state index contributed by atoms with van der Waals surface area (Å²) in [6.45, 7) is 0.957. The summed E-state index contributed by atoms with van der Waals surface area (Å²) in [5.74, 6) is 0.344. The van der Waals surface area contributed by atoms with Crippen molar-refractivity contribution >= 4 is 21.8 Å². The van der Waals surface area contributed by atoms with E-state index in [1.54, 1.807) is 0 Å². The maximum atomic E-state index is 11.7. The molecule has 3 heteroatoms. The summed E-state index contributed by atoms with van der Waals surface area (Å²) in [7, 11) is 0. The van der Waals surface area contributed by atoms with Crippen molar-refractivity contribution in [2.45, 2.75) is 31.7 Å². The van der Waals surface area contributed by atoms with Crippen molar-refractivity contribution < 1.29 is 4.79 Å². The van der Waals surface area contributed by atoms with Crippen LogP contribution in [0.3, 0.4) is 0 Å².